The number of aromatic amines is 2. The van der Waals surface area contributed by atoms with E-state index in [0.717, 1.165) is 35.7 Å². The Morgan fingerprint density at radius 1 is 1.28 bits per heavy atom. The number of hydrogen-bond donors (Lipinski definition) is 2. The number of nitrogens with zero attached hydrogens (tertiary/aromatic N) is 2. The van der Waals surface area contributed by atoms with E-state index < -0.39 is 0 Å². The van der Waals surface area contributed by atoms with Crippen molar-refractivity contribution in [2.24, 2.45) is 5.92 Å². The summed E-state index contributed by atoms with van der Waals surface area (Å²) in [5.74, 6) is 1.44. The average molecular weight is 282 g/mol. The van der Waals surface area contributed by atoms with Crippen molar-refractivity contribution in [2.45, 2.75) is 40.0 Å². The zero-order valence-electron chi connectivity index (χ0n) is 10.9. The quantitative estimate of drug-likeness (QED) is 0.821. The van der Waals surface area contributed by atoms with E-state index in [1.54, 1.807) is 11.3 Å². The maximum absolute atomic E-state index is 5.00. The van der Waals surface area contributed by atoms with Crippen molar-refractivity contribution in [3.05, 3.63) is 15.5 Å². The van der Waals surface area contributed by atoms with Gasteiger partial charge in [0.1, 0.15) is 0 Å². The Morgan fingerprint density at radius 2 is 2.06 bits per heavy atom. The summed E-state index contributed by atoms with van der Waals surface area (Å²) in [4.78, 5) is 10.2. The fourth-order valence-electron chi connectivity index (χ4n) is 1.81. The molecule has 0 fully saturated rings. The van der Waals surface area contributed by atoms with Crippen molar-refractivity contribution in [3.8, 4) is 10.7 Å². The minimum absolute atomic E-state index is 0.492. The highest BCUT2D eigenvalue weighted by molar-refractivity contribution is 7.71. The van der Waals surface area contributed by atoms with Crippen LogP contribution in [-0.2, 0) is 12.8 Å². The third-order valence-electron chi connectivity index (χ3n) is 2.53. The smallest absolute Gasteiger partial charge is 0.213 e. The number of hydrogen-bond acceptors (Lipinski definition) is 4. The van der Waals surface area contributed by atoms with Crippen LogP contribution >= 0.6 is 23.6 Å². The second kappa shape index (κ2) is 5.75. The van der Waals surface area contributed by atoms with E-state index in [2.05, 4.69) is 36.0 Å². The SMILES string of the molecule is CCCc1nc(CC(C)C)sc1-c1nc(=S)[nH][nH]1. The van der Waals surface area contributed by atoms with Crippen LogP contribution in [0.25, 0.3) is 10.7 Å². The molecule has 0 aliphatic heterocycles. The molecule has 2 aromatic rings. The first kappa shape index (κ1) is 13.4. The van der Waals surface area contributed by atoms with Gasteiger partial charge in [-0.05, 0) is 24.6 Å². The van der Waals surface area contributed by atoms with Crippen LogP contribution in [0, 0.1) is 10.7 Å². The van der Waals surface area contributed by atoms with Gasteiger partial charge in [-0.15, -0.1) is 11.3 Å². The molecule has 0 aliphatic rings. The summed E-state index contributed by atoms with van der Waals surface area (Å²) < 4.78 is 0.492. The molecular formula is C12H18N4S2. The molecule has 2 N–H and O–H groups in total. The van der Waals surface area contributed by atoms with Crippen LogP contribution in [0.15, 0.2) is 0 Å². The molecule has 0 atom stereocenters. The van der Waals surface area contributed by atoms with Gasteiger partial charge in [-0.3, -0.25) is 10.2 Å². The lowest BCUT2D eigenvalue weighted by Gasteiger charge is -1.98. The predicted molar refractivity (Wildman–Crippen MR) is 77.4 cm³/mol. The Labute approximate surface area is 116 Å². The Morgan fingerprint density at radius 3 is 2.61 bits per heavy atom. The molecule has 4 nitrogen and oxygen atoms in total. The molecule has 2 heterocycles. The highest BCUT2D eigenvalue weighted by Crippen LogP contribution is 2.29. The summed E-state index contributed by atoms with van der Waals surface area (Å²) in [5.41, 5.74) is 1.14. The van der Waals surface area contributed by atoms with Crippen molar-refractivity contribution < 1.29 is 0 Å². The Bertz CT molecular complexity index is 565. The molecule has 0 aromatic carbocycles. The Balaban J connectivity index is 2.37. The Hall–Kier alpha value is -1.01. The van der Waals surface area contributed by atoms with E-state index in [-0.39, 0.29) is 0 Å². The van der Waals surface area contributed by atoms with Crippen molar-refractivity contribution >= 4 is 23.6 Å². The molecule has 0 unspecified atom stereocenters. The zero-order chi connectivity index (χ0) is 13.1. The standard InChI is InChI=1S/C12H18N4S2/c1-4-5-8-10(11-14-12(17)16-15-11)18-9(13-8)6-7(2)3/h7H,4-6H2,1-3H3,(H2,14,15,16,17). The van der Waals surface area contributed by atoms with Gasteiger partial charge in [-0.25, -0.2) is 4.98 Å². The molecule has 0 amide bonds. The lowest BCUT2D eigenvalue weighted by molar-refractivity contribution is 0.642. The zero-order valence-corrected chi connectivity index (χ0v) is 12.5. The number of rotatable bonds is 5. The molecule has 0 bridgehead atoms. The first-order chi connectivity index (χ1) is 8.60. The average Bonchev–Trinajstić information content (AvgIpc) is 2.85. The molecule has 2 rings (SSSR count). The second-order valence-corrected chi connectivity index (χ2v) is 6.22. The molecule has 2 aromatic heterocycles. The van der Waals surface area contributed by atoms with Crippen molar-refractivity contribution in [1.82, 2.24) is 20.2 Å². The summed E-state index contributed by atoms with van der Waals surface area (Å²) in [6.07, 6.45) is 3.09. The molecule has 0 radical (unpaired) electrons. The minimum Gasteiger partial charge on any atom is -0.281 e. The number of H-pyrrole nitrogens is 2. The lowest BCUT2D eigenvalue weighted by Crippen LogP contribution is -1.94. The number of nitrogens with one attached hydrogen (secondary N) is 2. The molecule has 18 heavy (non-hydrogen) atoms. The van der Waals surface area contributed by atoms with Crippen molar-refractivity contribution in [3.63, 3.8) is 0 Å². The summed E-state index contributed by atoms with van der Waals surface area (Å²) >= 11 is 6.73. The molecule has 0 saturated heterocycles. The highest BCUT2D eigenvalue weighted by Gasteiger charge is 2.15. The fraction of sp³-hybridized carbons (Fsp3) is 0.583. The van der Waals surface area contributed by atoms with Crippen LogP contribution in [0.4, 0.5) is 0 Å². The van der Waals surface area contributed by atoms with E-state index in [4.69, 9.17) is 17.2 Å². The first-order valence-corrected chi connectivity index (χ1v) is 7.46. The van der Waals surface area contributed by atoms with Crippen LogP contribution in [0.2, 0.25) is 0 Å². The number of thiazole rings is 1. The van der Waals surface area contributed by atoms with Gasteiger partial charge in [0.25, 0.3) is 0 Å². The van der Waals surface area contributed by atoms with E-state index >= 15 is 0 Å². The third kappa shape index (κ3) is 3.05. The van der Waals surface area contributed by atoms with Crippen LogP contribution in [0.1, 0.15) is 37.9 Å². The van der Waals surface area contributed by atoms with Gasteiger partial charge in [0.15, 0.2) is 5.82 Å². The maximum Gasteiger partial charge on any atom is 0.213 e. The topological polar surface area (TPSA) is 57.4 Å². The summed E-state index contributed by atoms with van der Waals surface area (Å²) in [7, 11) is 0. The van der Waals surface area contributed by atoms with Gasteiger partial charge in [-0.1, -0.05) is 27.2 Å². The van der Waals surface area contributed by atoms with Gasteiger partial charge in [0, 0.05) is 6.42 Å². The minimum atomic E-state index is 0.492. The van der Waals surface area contributed by atoms with Gasteiger partial charge < -0.3 is 0 Å². The van der Waals surface area contributed by atoms with Crippen LogP contribution in [0.3, 0.4) is 0 Å². The molecular weight excluding hydrogens is 264 g/mol. The van der Waals surface area contributed by atoms with E-state index in [9.17, 15) is 0 Å². The maximum atomic E-state index is 5.00. The van der Waals surface area contributed by atoms with Crippen molar-refractivity contribution in [1.29, 1.82) is 0 Å². The van der Waals surface area contributed by atoms with E-state index in [1.807, 2.05) is 0 Å². The normalized spacial score (nSPS) is 11.3. The summed E-state index contributed by atoms with van der Waals surface area (Å²) in [6, 6.07) is 0. The van der Waals surface area contributed by atoms with Crippen LogP contribution in [-0.4, -0.2) is 20.2 Å². The van der Waals surface area contributed by atoms with Crippen molar-refractivity contribution in [2.75, 3.05) is 0 Å². The molecule has 0 spiro atoms. The summed E-state index contributed by atoms with van der Waals surface area (Å²) in [5, 5.41) is 7.05. The highest BCUT2D eigenvalue weighted by atomic mass is 32.1. The third-order valence-corrected chi connectivity index (χ3v) is 3.85. The summed E-state index contributed by atoms with van der Waals surface area (Å²) in [6.45, 7) is 6.59. The van der Waals surface area contributed by atoms with Gasteiger partial charge in [0.2, 0.25) is 4.77 Å². The Kier molecular flexibility index (Phi) is 4.29. The largest absolute Gasteiger partial charge is 0.281 e. The molecule has 0 aliphatic carbocycles. The van der Waals surface area contributed by atoms with Crippen LogP contribution < -0.4 is 0 Å². The van der Waals surface area contributed by atoms with Gasteiger partial charge in [0.05, 0.1) is 15.6 Å². The molecule has 6 heteroatoms. The lowest BCUT2D eigenvalue weighted by atomic mass is 10.1. The van der Waals surface area contributed by atoms with Gasteiger partial charge in [-0.2, -0.15) is 4.98 Å². The fourth-order valence-corrected chi connectivity index (χ4v) is 3.22. The first-order valence-electron chi connectivity index (χ1n) is 6.23. The number of aryl methyl sites for hydroxylation is 1. The van der Waals surface area contributed by atoms with Crippen LogP contribution in [0.5, 0.6) is 0 Å². The van der Waals surface area contributed by atoms with E-state index in [1.165, 1.54) is 5.01 Å². The number of aromatic nitrogens is 4. The monoisotopic (exact) mass is 282 g/mol. The van der Waals surface area contributed by atoms with E-state index in [0.29, 0.717) is 10.7 Å². The second-order valence-electron chi connectivity index (χ2n) is 4.75. The molecule has 0 saturated carbocycles. The predicted octanol–water partition coefficient (Wildman–Crippen LogP) is 3.74. The van der Waals surface area contributed by atoms with Gasteiger partial charge >= 0.3 is 0 Å². The molecule has 98 valence electrons.